The Morgan fingerprint density at radius 3 is 1.22 bits per heavy atom. The number of carbonyl (C=O) groups is 1. The predicted octanol–water partition coefficient (Wildman–Crippen LogP) is 1.34. The normalized spacial score (nSPS) is 14.0. The Morgan fingerprint density at radius 1 is 0.870 bits per heavy atom. The van der Waals surface area contributed by atoms with Crippen molar-refractivity contribution in [1.82, 2.24) is 0 Å². The second-order valence-corrected chi connectivity index (χ2v) is 8.49. The van der Waals surface area contributed by atoms with Crippen LogP contribution in [0.4, 0.5) is 26.3 Å². The maximum atomic E-state index is 11.4. The molecule has 0 amide bonds. The summed E-state index contributed by atoms with van der Waals surface area (Å²) in [6, 6.07) is 0. The van der Waals surface area contributed by atoms with Crippen molar-refractivity contribution >= 4 is 25.8 Å². The molecule has 0 radical (unpaired) electrons. The number of quaternary nitrogens is 1. The standard InChI is InChI=1S/C6H14NO.C2F6NO4S2/c1-6(8)5-7(2,3)4;3-1(4,5)14(10,11)9-15(12,13)2(6,7)8/h5H2,1-4H3;/q+1;-1. The minimum Gasteiger partial charge on any atom is -0.421 e. The highest BCUT2D eigenvalue weighted by atomic mass is 32.3. The van der Waals surface area contributed by atoms with E-state index in [1.54, 1.807) is 6.92 Å². The molecule has 0 saturated heterocycles. The maximum absolute atomic E-state index is 11.4. The van der Waals surface area contributed by atoms with Gasteiger partial charge < -0.3 is 8.61 Å². The first-order valence-electron chi connectivity index (χ1n) is 5.29. The third kappa shape index (κ3) is 9.72. The van der Waals surface area contributed by atoms with Gasteiger partial charge in [0.25, 0.3) is 0 Å². The maximum Gasteiger partial charge on any atom is 0.480 e. The van der Waals surface area contributed by atoms with Crippen LogP contribution in [0.2, 0.25) is 0 Å². The molecule has 0 aromatic rings. The van der Waals surface area contributed by atoms with Gasteiger partial charge in [-0.05, 0) is 0 Å². The summed E-state index contributed by atoms with van der Waals surface area (Å²) in [5, 5.41) is 0. The number of carbonyl (C=O) groups excluding carboxylic acids is 1. The van der Waals surface area contributed by atoms with Gasteiger partial charge >= 0.3 is 11.0 Å². The number of sulfonamides is 2. The molecular weight excluding hydrogens is 382 g/mol. The fourth-order valence-corrected chi connectivity index (χ4v) is 2.59. The fraction of sp³-hybridized carbons (Fsp3) is 0.875. The van der Waals surface area contributed by atoms with Crippen molar-refractivity contribution in [2.75, 3.05) is 27.7 Å². The van der Waals surface area contributed by atoms with E-state index in [1.165, 1.54) is 0 Å². The van der Waals surface area contributed by atoms with Crippen molar-refractivity contribution in [3.8, 4) is 0 Å². The Hall–Kier alpha value is -0.930. The summed E-state index contributed by atoms with van der Waals surface area (Å²) < 4.78 is 110. The number of halogens is 6. The zero-order chi connectivity index (χ0) is 19.5. The van der Waals surface area contributed by atoms with E-state index in [4.69, 9.17) is 0 Å². The van der Waals surface area contributed by atoms with E-state index in [1.807, 2.05) is 21.1 Å². The van der Waals surface area contributed by atoms with E-state index in [9.17, 15) is 48.0 Å². The molecule has 0 unspecified atom stereocenters. The van der Waals surface area contributed by atoms with Crippen molar-refractivity contribution in [3.63, 3.8) is 0 Å². The van der Waals surface area contributed by atoms with Gasteiger partial charge in [-0.15, -0.1) is 0 Å². The Morgan fingerprint density at radius 2 is 1.13 bits per heavy atom. The zero-order valence-electron chi connectivity index (χ0n) is 12.2. The van der Waals surface area contributed by atoms with Gasteiger partial charge in [-0.2, -0.15) is 26.3 Å². The Bertz CT molecular complexity index is 573. The third-order valence-electron chi connectivity index (χ3n) is 1.48. The van der Waals surface area contributed by atoms with Crippen LogP contribution in [0.15, 0.2) is 0 Å². The molecule has 0 aliphatic carbocycles. The largest absolute Gasteiger partial charge is 0.480 e. The van der Waals surface area contributed by atoms with Gasteiger partial charge in [0, 0.05) is 6.92 Å². The minimum atomic E-state index is -6.72. The van der Waals surface area contributed by atoms with Crippen molar-refractivity contribution in [3.05, 3.63) is 4.13 Å². The number of nitrogens with zero attached hydrogens (tertiary/aromatic N) is 2. The van der Waals surface area contributed by atoms with E-state index in [-0.39, 0.29) is 5.78 Å². The van der Waals surface area contributed by atoms with E-state index in [2.05, 4.69) is 0 Å². The van der Waals surface area contributed by atoms with Crippen LogP contribution in [-0.4, -0.2) is 65.8 Å². The van der Waals surface area contributed by atoms with E-state index in [0.29, 0.717) is 6.54 Å². The molecule has 23 heavy (non-hydrogen) atoms. The average molecular weight is 396 g/mol. The SMILES string of the molecule is CC(=O)C[N+](C)(C)C.O=S(=O)([N-]S(=O)(=O)C(F)(F)F)C(F)(F)F. The van der Waals surface area contributed by atoms with Crippen LogP contribution >= 0.6 is 0 Å². The van der Waals surface area contributed by atoms with Crippen LogP contribution in [0.1, 0.15) is 6.92 Å². The highest BCUT2D eigenvalue weighted by Crippen LogP contribution is 2.36. The molecule has 0 heterocycles. The summed E-state index contributed by atoms with van der Waals surface area (Å²) in [7, 11) is -7.44. The lowest BCUT2D eigenvalue weighted by molar-refractivity contribution is -0.862. The molecule has 0 N–H and O–H groups in total. The van der Waals surface area contributed by atoms with Crippen LogP contribution in [0.25, 0.3) is 4.13 Å². The number of likely N-dealkylation sites (N-methyl/N-ethyl adjacent to an activating group) is 1. The van der Waals surface area contributed by atoms with Crippen LogP contribution in [0.3, 0.4) is 0 Å². The van der Waals surface area contributed by atoms with Crippen molar-refractivity contribution in [2.24, 2.45) is 0 Å². The second kappa shape index (κ2) is 7.31. The van der Waals surface area contributed by atoms with Gasteiger partial charge in [0.1, 0.15) is 6.54 Å². The van der Waals surface area contributed by atoms with E-state index < -0.39 is 31.1 Å². The van der Waals surface area contributed by atoms with Gasteiger partial charge in [0.2, 0.25) is 0 Å². The predicted molar refractivity (Wildman–Crippen MR) is 66.9 cm³/mol. The van der Waals surface area contributed by atoms with Gasteiger partial charge in [-0.25, -0.2) is 16.8 Å². The van der Waals surface area contributed by atoms with Gasteiger partial charge in [-0.3, -0.25) is 4.79 Å². The first-order valence-corrected chi connectivity index (χ1v) is 8.17. The lowest BCUT2D eigenvalue weighted by Crippen LogP contribution is -2.38. The summed E-state index contributed by atoms with van der Waals surface area (Å²) in [4.78, 5) is 10.4. The smallest absolute Gasteiger partial charge is 0.421 e. The van der Waals surface area contributed by atoms with Gasteiger partial charge in [-0.1, -0.05) is 0 Å². The molecule has 15 heteroatoms. The summed E-state index contributed by atoms with van der Waals surface area (Å²) in [5.41, 5.74) is -12.4. The first-order chi connectivity index (χ1) is 9.62. The van der Waals surface area contributed by atoms with E-state index in [0.717, 1.165) is 8.61 Å². The highest BCUT2D eigenvalue weighted by molar-refractivity contribution is 8.13. The molecule has 0 aliphatic heterocycles. The number of rotatable bonds is 4. The highest BCUT2D eigenvalue weighted by Gasteiger charge is 2.46. The fourth-order valence-electron chi connectivity index (χ4n) is 0.882. The molecule has 0 aromatic carbocycles. The summed E-state index contributed by atoms with van der Waals surface area (Å²) in [6.07, 6.45) is 0. The first kappa shape index (κ1) is 24.3. The monoisotopic (exact) mass is 396 g/mol. The average Bonchev–Trinajstić information content (AvgIpc) is 2.07. The Kier molecular flexibility index (Phi) is 7.73. The Balaban J connectivity index is 0. The number of Topliss-reactive ketones (excluding diaryl/α,β-unsaturated/α-hetero) is 1. The van der Waals surface area contributed by atoms with Crippen LogP contribution < -0.4 is 0 Å². The molecular formula is C8H14F6N2O5S2. The molecule has 140 valence electrons. The van der Waals surface area contributed by atoms with Crippen LogP contribution in [0, 0.1) is 0 Å². The molecule has 0 rings (SSSR count). The van der Waals surface area contributed by atoms with Crippen molar-refractivity contribution in [1.29, 1.82) is 0 Å². The third-order valence-corrected chi connectivity index (χ3v) is 4.22. The Labute approximate surface area is 128 Å². The topological polar surface area (TPSA) is 99.4 Å². The number of ketones is 1. The van der Waals surface area contributed by atoms with Crippen LogP contribution in [-0.2, 0) is 24.8 Å². The number of hydrogen-bond acceptors (Lipinski definition) is 5. The minimum absolute atomic E-state index is 0.248. The summed E-state index contributed by atoms with van der Waals surface area (Å²) in [5.74, 6) is 0.248. The molecule has 7 nitrogen and oxygen atoms in total. The summed E-state index contributed by atoms with van der Waals surface area (Å²) >= 11 is 0. The van der Waals surface area contributed by atoms with E-state index >= 15 is 0 Å². The molecule has 0 aromatic heterocycles. The lowest BCUT2D eigenvalue weighted by Gasteiger charge is -2.22. The molecule has 0 bridgehead atoms. The second-order valence-electron chi connectivity index (χ2n) is 5.07. The zero-order valence-corrected chi connectivity index (χ0v) is 13.9. The molecule has 0 saturated carbocycles. The molecule has 0 fully saturated rings. The quantitative estimate of drug-likeness (QED) is 0.528. The number of hydrogen-bond donors (Lipinski definition) is 0. The molecule has 0 spiro atoms. The summed E-state index contributed by atoms with van der Waals surface area (Å²) in [6.45, 7) is 2.24. The molecule has 0 atom stereocenters. The van der Waals surface area contributed by atoms with Gasteiger partial charge in [0.15, 0.2) is 25.8 Å². The van der Waals surface area contributed by atoms with Crippen molar-refractivity contribution in [2.45, 2.75) is 17.9 Å². The van der Waals surface area contributed by atoms with Crippen molar-refractivity contribution < 1.29 is 52.5 Å². The van der Waals surface area contributed by atoms with Crippen LogP contribution in [0.5, 0.6) is 0 Å². The van der Waals surface area contributed by atoms with Gasteiger partial charge in [0.05, 0.1) is 21.1 Å². The number of alkyl halides is 6. The lowest BCUT2D eigenvalue weighted by atomic mass is 10.4. The molecule has 0 aliphatic rings.